The smallest absolute Gasteiger partial charge is 0.407 e. The maximum Gasteiger partial charge on any atom is 0.407 e. The fraction of sp³-hybridized carbons (Fsp3) is 0.235. The number of aromatic nitrogens is 4. The summed E-state index contributed by atoms with van der Waals surface area (Å²) < 4.78 is 13.2. The van der Waals surface area contributed by atoms with Gasteiger partial charge in [-0.15, -0.1) is 0 Å². The zero-order valence-electron chi connectivity index (χ0n) is 24.1. The first kappa shape index (κ1) is 26.7. The maximum atomic E-state index is 11.4. The van der Waals surface area contributed by atoms with Crippen LogP contribution in [-0.2, 0) is 19.4 Å². The van der Waals surface area contributed by atoms with E-state index >= 15 is 0 Å². The third-order valence-corrected chi connectivity index (χ3v) is 8.36. The summed E-state index contributed by atoms with van der Waals surface area (Å²) in [6.45, 7) is 1.23. The average molecular weight is 574 g/mol. The van der Waals surface area contributed by atoms with Gasteiger partial charge < -0.3 is 19.5 Å². The highest BCUT2D eigenvalue weighted by Gasteiger charge is 2.24. The summed E-state index contributed by atoms with van der Waals surface area (Å²) >= 11 is 0. The summed E-state index contributed by atoms with van der Waals surface area (Å²) in [6, 6.07) is 20.3. The summed E-state index contributed by atoms with van der Waals surface area (Å²) in [6.07, 6.45) is 6.02. The Balaban J connectivity index is 1.34. The fourth-order valence-electron chi connectivity index (χ4n) is 6.10. The van der Waals surface area contributed by atoms with Gasteiger partial charge in [-0.3, -0.25) is 9.67 Å². The molecule has 0 spiro atoms. The predicted octanol–water partition coefficient (Wildman–Crippen LogP) is 6.09. The molecular weight excluding hydrogens is 542 g/mol. The number of nitrogens with zero attached hydrogens (tertiary/aromatic N) is 5. The zero-order chi connectivity index (χ0) is 29.5. The van der Waals surface area contributed by atoms with Crippen molar-refractivity contribution < 1.29 is 19.4 Å². The van der Waals surface area contributed by atoms with Gasteiger partial charge in [-0.25, -0.2) is 9.78 Å². The molecule has 0 bridgehead atoms. The maximum absolute atomic E-state index is 11.4. The van der Waals surface area contributed by atoms with Crippen LogP contribution >= 0.6 is 0 Å². The van der Waals surface area contributed by atoms with E-state index in [4.69, 9.17) is 24.5 Å². The van der Waals surface area contributed by atoms with Crippen LogP contribution < -0.4 is 9.47 Å². The number of carboxylic acid groups (broad SMARTS) is 1. The molecule has 216 valence electrons. The lowest BCUT2D eigenvalue weighted by atomic mass is 9.99. The molecule has 0 radical (unpaired) electrons. The van der Waals surface area contributed by atoms with Crippen molar-refractivity contribution in [3.63, 3.8) is 0 Å². The van der Waals surface area contributed by atoms with Crippen LogP contribution in [0.1, 0.15) is 28.8 Å². The second-order valence-electron chi connectivity index (χ2n) is 10.9. The third kappa shape index (κ3) is 4.86. The van der Waals surface area contributed by atoms with E-state index in [1.165, 1.54) is 16.0 Å². The summed E-state index contributed by atoms with van der Waals surface area (Å²) in [4.78, 5) is 22.7. The van der Waals surface area contributed by atoms with Crippen LogP contribution in [0, 0.1) is 0 Å². The van der Waals surface area contributed by atoms with Crippen molar-refractivity contribution in [2.24, 2.45) is 0 Å². The largest absolute Gasteiger partial charge is 0.497 e. The van der Waals surface area contributed by atoms with Crippen LogP contribution in [-0.4, -0.2) is 63.2 Å². The van der Waals surface area contributed by atoms with E-state index in [0.717, 1.165) is 75.4 Å². The lowest BCUT2D eigenvalue weighted by Gasteiger charge is -2.13. The standard InChI is InChI=1S/C34H31N5O4/c1-42-25-12-9-21(10-13-25)19-39-29-17-30(43-2)32(27-8-4-6-22-5-3-7-26(22)27)36-33(29)31(37-39)23-11-14-28(35-18-23)24-15-16-38(20-24)34(40)41/h4,6,8-15,17-18H,3,5,7,16,19-20H2,1-2H3,(H,40,41). The molecule has 3 aromatic heterocycles. The van der Waals surface area contributed by atoms with Crippen molar-refractivity contribution >= 4 is 22.7 Å². The molecule has 0 saturated heterocycles. The molecule has 9 heteroatoms. The molecule has 1 N–H and O–H groups in total. The normalized spacial score (nSPS) is 14.2. The van der Waals surface area contributed by atoms with Crippen molar-refractivity contribution in [2.75, 3.05) is 27.3 Å². The van der Waals surface area contributed by atoms with Crippen molar-refractivity contribution in [1.29, 1.82) is 0 Å². The van der Waals surface area contributed by atoms with Crippen LogP contribution in [0.25, 0.3) is 39.1 Å². The fourth-order valence-corrected chi connectivity index (χ4v) is 6.10. The van der Waals surface area contributed by atoms with E-state index < -0.39 is 6.09 Å². The average Bonchev–Trinajstić information content (AvgIpc) is 3.80. The SMILES string of the molecule is COc1ccc(Cn2nc(-c3ccc(C4=CCN(C(=O)O)C4)nc3)c3nc(-c4cccc5c4CCC5)c(OC)cc32)cc1. The van der Waals surface area contributed by atoms with Crippen LogP contribution in [0.2, 0.25) is 0 Å². The highest BCUT2D eigenvalue weighted by Crippen LogP contribution is 2.39. The summed E-state index contributed by atoms with van der Waals surface area (Å²) in [5.74, 6) is 1.51. The predicted molar refractivity (Wildman–Crippen MR) is 164 cm³/mol. The first-order chi connectivity index (χ1) is 21.0. The number of hydrogen-bond acceptors (Lipinski definition) is 6. The Labute approximate surface area is 249 Å². The molecule has 2 aliphatic rings. The highest BCUT2D eigenvalue weighted by atomic mass is 16.5. The molecule has 2 aromatic carbocycles. The lowest BCUT2D eigenvalue weighted by molar-refractivity contribution is 0.158. The minimum absolute atomic E-state index is 0.327. The number of ether oxygens (including phenoxy) is 2. The number of hydrogen-bond donors (Lipinski definition) is 1. The number of fused-ring (bicyclic) bond motifs is 2. The van der Waals surface area contributed by atoms with Crippen molar-refractivity contribution in [3.8, 4) is 34.0 Å². The molecule has 4 heterocycles. The van der Waals surface area contributed by atoms with Gasteiger partial charge in [0, 0.05) is 29.9 Å². The molecular formula is C34H31N5O4. The Morgan fingerprint density at radius 3 is 2.58 bits per heavy atom. The van der Waals surface area contributed by atoms with Gasteiger partial charge in [-0.2, -0.15) is 5.10 Å². The second kappa shape index (κ2) is 10.9. The van der Waals surface area contributed by atoms with E-state index in [-0.39, 0.29) is 0 Å². The lowest BCUT2D eigenvalue weighted by Crippen LogP contribution is -2.26. The van der Waals surface area contributed by atoms with Gasteiger partial charge in [0.25, 0.3) is 0 Å². The van der Waals surface area contributed by atoms with Crippen LogP contribution in [0.15, 0.2) is 72.9 Å². The Hall–Kier alpha value is -5.18. The van der Waals surface area contributed by atoms with Crippen LogP contribution in [0.5, 0.6) is 11.5 Å². The van der Waals surface area contributed by atoms with Crippen molar-refractivity contribution in [1.82, 2.24) is 24.6 Å². The van der Waals surface area contributed by atoms with E-state index in [1.807, 2.05) is 53.2 Å². The molecule has 1 aliphatic carbocycles. The van der Waals surface area contributed by atoms with Gasteiger partial charge in [-0.05, 0) is 65.8 Å². The van der Waals surface area contributed by atoms with Crippen molar-refractivity contribution in [2.45, 2.75) is 25.8 Å². The van der Waals surface area contributed by atoms with Gasteiger partial charge in [0.2, 0.25) is 0 Å². The minimum atomic E-state index is -0.932. The highest BCUT2D eigenvalue weighted by molar-refractivity contribution is 5.93. The molecule has 0 unspecified atom stereocenters. The van der Waals surface area contributed by atoms with Crippen LogP contribution in [0.3, 0.4) is 0 Å². The molecule has 0 atom stereocenters. The number of carbonyl (C=O) groups is 1. The van der Waals surface area contributed by atoms with Gasteiger partial charge in [0.05, 0.1) is 38.5 Å². The number of pyridine rings is 2. The Bertz CT molecular complexity index is 1880. The van der Waals surface area contributed by atoms with Gasteiger partial charge in [0.1, 0.15) is 28.4 Å². The first-order valence-corrected chi connectivity index (χ1v) is 14.4. The van der Waals surface area contributed by atoms with Crippen LogP contribution in [0.4, 0.5) is 4.79 Å². The number of benzene rings is 2. The minimum Gasteiger partial charge on any atom is -0.497 e. The number of aryl methyl sites for hydroxylation is 1. The summed E-state index contributed by atoms with van der Waals surface area (Å²) in [7, 11) is 3.34. The Morgan fingerprint density at radius 2 is 1.86 bits per heavy atom. The number of amides is 1. The Morgan fingerprint density at radius 1 is 1.00 bits per heavy atom. The zero-order valence-corrected chi connectivity index (χ0v) is 24.1. The van der Waals surface area contributed by atoms with E-state index in [0.29, 0.717) is 25.4 Å². The molecule has 0 saturated carbocycles. The molecule has 1 amide bonds. The number of rotatable bonds is 7. The number of methoxy groups -OCH3 is 2. The van der Waals surface area contributed by atoms with Gasteiger partial charge >= 0.3 is 6.09 Å². The molecule has 9 nitrogen and oxygen atoms in total. The molecule has 1 aliphatic heterocycles. The van der Waals surface area contributed by atoms with E-state index in [1.54, 1.807) is 20.4 Å². The molecule has 7 rings (SSSR count). The molecule has 5 aromatic rings. The topological polar surface area (TPSA) is 103 Å². The van der Waals surface area contributed by atoms with E-state index in [9.17, 15) is 9.90 Å². The molecule has 43 heavy (non-hydrogen) atoms. The second-order valence-corrected chi connectivity index (χ2v) is 10.9. The summed E-state index contributed by atoms with van der Waals surface area (Å²) in [5.41, 5.74) is 10.5. The van der Waals surface area contributed by atoms with Gasteiger partial charge in [-0.1, -0.05) is 36.4 Å². The first-order valence-electron chi connectivity index (χ1n) is 14.4. The Kier molecular flexibility index (Phi) is 6.77. The quantitative estimate of drug-likeness (QED) is 0.251. The van der Waals surface area contributed by atoms with Gasteiger partial charge in [0.15, 0.2) is 0 Å². The monoisotopic (exact) mass is 573 g/mol. The van der Waals surface area contributed by atoms with Crippen molar-refractivity contribution in [3.05, 3.63) is 95.3 Å². The third-order valence-electron chi connectivity index (χ3n) is 8.36. The summed E-state index contributed by atoms with van der Waals surface area (Å²) in [5, 5.41) is 14.4. The molecule has 0 fully saturated rings. The van der Waals surface area contributed by atoms with E-state index in [2.05, 4.69) is 18.2 Å².